The molecular weight excluding hydrogens is 257 g/mol. The van der Waals surface area contributed by atoms with E-state index in [1.165, 1.54) is 0 Å². The number of unbranched alkanes of at least 4 members (excludes halogenated alkanes) is 3. The lowest BCUT2D eigenvalue weighted by Gasteiger charge is -2.05. The van der Waals surface area contributed by atoms with Crippen LogP contribution >= 0.6 is 23.2 Å². The van der Waals surface area contributed by atoms with Crippen LogP contribution < -0.4 is 5.73 Å². The van der Waals surface area contributed by atoms with Crippen molar-refractivity contribution in [3.05, 3.63) is 27.7 Å². The van der Waals surface area contributed by atoms with Crippen LogP contribution in [0.3, 0.4) is 0 Å². The number of nitrogen functional groups attached to an aromatic ring is 1. The molecular formula is C13H17Cl2NO. The Morgan fingerprint density at radius 1 is 1.18 bits per heavy atom. The molecule has 17 heavy (non-hydrogen) atoms. The van der Waals surface area contributed by atoms with Gasteiger partial charge in [0, 0.05) is 12.0 Å². The van der Waals surface area contributed by atoms with Crippen molar-refractivity contribution in [2.45, 2.75) is 39.0 Å². The molecule has 2 N–H and O–H groups in total. The van der Waals surface area contributed by atoms with Gasteiger partial charge in [-0.2, -0.15) is 0 Å². The SMILES string of the molecule is CCCCCCC(=O)c1cc(Cl)c(N)c(Cl)c1. The molecule has 0 saturated heterocycles. The zero-order valence-corrected chi connectivity index (χ0v) is 11.4. The van der Waals surface area contributed by atoms with Crippen LogP contribution in [0.5, 0.6) is 0 Å². The average molecular weight is 274 g/mol. The van der Waals surface area contributed by atoms with Crippen LogP contribution in [0.4, 0.5) is 5.69 Å². The summed E-state index contributed by atoms with van der Waals surface area (Å²) in [5, 5.41) is 0.684. The number of carbonyl (C=O) groups is 1. The van der Waals surface area contributed by atoms with Crippen molar-refractivity contribution in [1.82, 2.24) is 0 Å². The number of Topliss-reactive ketones (excluding diaryl/α,β-unsaturated/α-hetero) is 1. The van der Waals surface area contributed by atoms with Crippen molar-refractivity contribution in [2.75, 3.05) is 5.73 Å². The summed E-state index contributed by atoms with van der Waals surface area (Å²) in [6, 6.07) is 3.18. The summed E-state index contributed by atoms with van der Waals surface area (Å²) < 4.78 is 0. The molecule has 94 valence electrons. The van der Waals surface area contributed by atoms with E-state index < -0.39 is 0 Å². The summed E-state index contributed by atoms with van der Waals surface area (Å²) in [7, 11) is 0. The number of hydrogen-bond donors (Lipinski definition) is 1. The largest absolute Gasteiger partial charge is 0.396 e. The highest BCUT2D eigenvalue weighted by atomic mass is 35.5. The maximum absolute atomic E-state index is 11.9. The Balaban J connectivity index is 2.63. The first-order valence-electron chi connectivity index (χ1n) is 5.84. The molecule has 1 aromatic rings. The molecule has 0 aromatic heterocycles. The lowest BCUT2D eigenvalue weighted by atomic mass is 10.0. The van der Waals surface area contributed by atoms with E-state index in [1.54, 1.807) is 12.1 Å². The third kappa shape index (κ3) is 4.21. The van der Waals surface area contributed by atoms with Crippen molar-refractivity contribution in [3.8, 4) is 0 Å². The number of ketones is 1. The summed E-state index contributed by atoms with van der Waals surface area (Å²) in [6.45, 7) is 2.14. The van der Waals surface area contributed by atoms with E-state index in [2.05, 4.69) is 6.92 Å². The van der Waals surface area contributed by atoms with Gasteiger partial charge in [-0.15, -0.1) is 0 Å². The second kappa shape index (κ2) is 6.87. The van der Waals surface area contributed by atoms with Crippen LogP contribution in [0, 0.1) is 0 Å². The van der Waals surface area contributed by atoms with E-state index in [0.29, 0.717) is 27.7 Å². The zero-order valence-electron chi connectivity index (χ0n) is 9.93. The molecule has 1 aromatic carbocycles. The van der Waals surface area contributed by atoms with Crippen molar-refractivity contribution >= 4 is 34.7 Å². The Morgan fingerprint density at radius 2 is 1.76 bits per heavy atom. The third-order valence-electron chi connectivity index (χ3n) is 2.66. The van der Waals surface area contributed by atoms with Gasteiger partial charge in [-0.25, -0.2) is 0 Å². The first-order chi connectivity index (χ1) is 8.06. The molecule has 1 rings (SSSR count). The Hall–Kier alpha value is -0.730. The van der Waals surface area contributed by atoms with Crippen molar-refractivity contribution in [1.29, 1.82) is 0 Å². The van der Waals surface area contributed by atoms with Crippen LogP contribution in [-0.2, 0) is 0 Å². The summed E-state index contributed by atoms with van der Waals surface area (Å²) in [4.78, 5) is 11.9. The number of nitrogens with two attached hydrogens (primary N) is 1. The van der Waals surface area contributed by atoms with Gasteiger partial charge < -0.3 is 5.73 Å². The third-order valence-corrected chi connectivity index (χ3v) is 3.28. The van der Waals surface area contributed by atoms with Crippen LogP contribution in [0.1, 0.15) is 49.4 Å². The van der Waals surface area contributed by atoms with Crippen LogP contribution in [-0.4, -0.2) is 5.78 Å². The van der Waals surface area contributed by atoms with E-state index in [4.69, 9.17) is 28.9 Å². The molecule has 2 nitrogen and oxygen atoms in total. The van der Waals surface area contributed by atoms with E-state index in [9.17, 15) is 4.79 Å². The molecule has 0 atom stereocenters. The maximum atomic E-state index is 11.9. The van der Waals surface area contributed by atoms with E-state index in [-0.39, 0.29) is 5.78 Å². The second-order valence-corrected chi connectivity index (χ2v) is 4.90. The number of benzene rings is 1. The van der Waals surface area contributed by atoms with E-state index in [0.717, 1.165) is 25.7 Å². The van der Waals surface area contributed by atoms with Crippen LogP contribution in [0.25, 0.3) is 0 Å². The summed E-state index contributed by atoms with van der Waals surface area (Å²) in [5.41, 5.74) is 6.49. The molecule has 0 amide bonds. The second-order valence-electron chi connectivity index (χ2n) is 4.09. The van der Waals surface area contributed by atoms with Gasteiger partial charge in [0.1, 0.15) is 0 Å². The molecule has 0 heterocycles. The van der Waals surface area contributed by atoms with Crippen molar-refractivity contribution in [2.24, 2.45) is 0 Å². The molecule has 0 bridgehead atoms. The van der Waals surface area contributed by atoms with Gasteiger partial charge in [-0.05, 0) is 18.6 Å². The summed E-state index contributed by atoms with van der Waals surface area (Å²) in [5.74, 6) is 0.0740. The lowest BCUT2D eigenvalue weighted by molar-refractivity contribution is 0.0979. The maximum Gasteiger partial charge on any atom is 0.162 e. The predicted molar refractivity (Wildman–Crippen MR) is 74.0 cm³/mol. The Kier molecular flexibility index (Phi) is 5.79. The Morgan fingerprint density at radius 3 is 2.29 bits per heavy atom. The molecule has 0 aliphatic rings. The Bertz CT molecular complexity index is 381. The van der Waals surface area contributed by atoms with Crippen LogP contribution in [0.2, 0.25) is 10.0 Å². The molecule has 0 unspecified atom stereocenters. The first-order valence-corrected chi connectivity index (χ1v) is 6.59. The highest BCUT2D eigenvalue weighted by molar-refractivity contribution is 6.39. The summed E-state index contributed by atoms with van der Waals surface area (Å²) in [6.07, 6.45) is 4.85. The van der Waals surface area contributed by atoms with Gasteiger partial charge in [0.25, 0.3) is 0 Å². The number of hydrogen-bond acceptors (Lipinski definition) is 2. The van der Waals surface area contributed by atoms with Gasteiger partial charge in [0.15, 0.2) is 5.78 Å². The van der Waals surface area contributed by atoms with Crippen LogP contribution in [0.15, 0.2) is 12.1 Å². The van der Waals surface area contributed by atoms with Gasteiger partial charge in [0.05, 0.1) is 15.7 Å². The molecule has 4 heteroatoms. The monoisotopic (exact) mass is 273 g/mol. The summed E-state index contributed by atoms with van der Waals surface area (Å²) >= 11 is 11.8. The minimum atomic E-state index is 0.0740. The fraction of sp³-hybridized carbons (Fsp3) is 0.462. The number of anilines is 1. The highest BCUT2D eigenvalue weighted by Gasteiger charge is 2.10. The van der Waals surface area contributed by atoms with Crippen molar-refractivity contribution in [3.63, 3.8) is 0 Å². The molecule has 0 fully saturated rings. The highest BCUT2D eigenvalue weighted by Crippen LogP contribution is 2.29. The standard InChI is InChI=1S/C13H17Cl2NO/c1-2-3-4-5-6-12(17)9-7-10(14)13(16)11(15)8-9/h7-8H,2-6,16H2,1H3. The van der Waals surface area contributed by atoms with E-state index >= 15 is 0 Å². The van der Waals surface area contributed by atoms with E-state index in [1.807, 2.05) is 0 Å². The minimum Gasteiger partial charge on any atom is -0.396 e. The quantitative estimate of drug-likeness (QED) is 0.463. The van der Waals surface area contributed by atoms with Gasteiger partial charge in [-0.3, -0.25) is 4.79 Å². The molecule has 0 aliphatic carbocycles. The fourth-order valence-corrected chi connectivity index (χ4v) is 2.09. The number of rotatable bonds is 6. The minimum absolute atomic E-state index is 0.0740. The first kappa shape index (κ1) is 14.3. The Labute approximate surface area is 112 Å². The molecule has 0 spiro atoms. The average Bonchev–Trinajstić information content (AvgIpc) is 2.30. The number of carbonyl (C=O) groups excluding carboxylic acids is 1. The van der Waals surface area contributed by atoms with Gasteiger partial charge in [0.2, 0.25) is 0 Å². The number of halogens is 2. The molecule has 0 saturated carbocycles. The van der Waals surface area contributed by atoms with Gasteiger partial charge >= 0.3 is 0 Å². The normalized spacial score (nSPS) is 10.5. The zero-order chi connectivity index (χ0) is 12.8. The van der Waals surface area contributed by atoms with Gasteiger partial charge in [-0.1, -0.05) is 49.4 Å². The topological polar surface area (TPSA) is 43.1 Å². The fourth-order valence-electron chi connectivity index (χ4n) is 1.60. The lowest BCUT2D eigenvalue weighted by Crippen LogP contribution is -2.00. The molecule has 0 aliphatic heterocycles. The van der Waals surface area contributed by atoms with Crippen molar-refractivity contribution < 1.29 is 4.79 Å². The smallest absolute Gasteiger partial charge is 0.162 e. The molecule has 0 radical (unpaired) electrons. The predicted octanol–water partition coefficient (Wildman–Crippen LogP) is 4.73.